The second-order valence-corrected chi connectivity index (χ2v) is 6.26. The summed E-state index contributed by atoms with van der Waals surface area (Å²) in [6, 6.07) is 7.02. The highest BCUT2D eigenvalue weighted by molar-refractivity contribution is 6.30. The average Bonchev–Trinajstić information content (AvgIpc) is 2.62. The predicted molar refractivity (Wildman–Crippen MR) is 101 cm³/mol. The number of methoxy groups -OCH3 is 1. The highest BCUT2D eigenvalue weighted by Gasteiger charge is 2.16. The van der Waals surface area contributed by atoms with Crippen molar-refractivity contribution in [1.82, 2.24) is 8.97 Å². The highest BCUT2D eigenvalue weighted by Crippen LogP contribution is 2.15. The van der Waals surface area contributed by atoms with Gasteiger partial charge in [-0.2, -0.15) is 0 Å². The monoisotopic (exact) mass is 389 g/mol. The van der Waals surface area contributed by atoms with Crippen molar-refractivity contribution in [3.63, 3.8) is 0 Å². The molecular weight excluding hydrogens is 374 g/mol. The van der Waals surface area contributed by atoms with Crippen LogP contribution < -0.4 is 16.3 Å². The summed E-state index contributed by atoms with van der Waals surface area (Å²) in [5, 5.41) is 13.1. The van der Waals surface area contributed by atoms with Crippen molar-refractivity contribution >= 4 is 28.7 Å². The summed E-state index contributed by atoms with van der Waals surface area (Å²) in [7, 11) is 1.34. The van der Waals surface area contributed by atoms with Crippen LogP contribution >= 0.6 is 11.6 Å². The number of pyridine rings is 1. The summed E-state index contributed by atoms with van der Waals surface area (Å²) in [5.41, 5.74) is -0.952. The van der Waals surface area contributed by atoms with E-state index < -0.39 is 22.6 Å². The van der Waals surface area contributed by atoms with Crippen LogP contribution in [0.2, 0.25) is 5.02 Å². The topological polar surface area (TPSA) is 102 Å². The molecule has 0 bridgehead atoms. The molecule has 27 heavy (non-hydrogen) atoms. The predicted octanol–water partition coefficient (Wildman–Crippen LogP) is 1.45. The number of carbonyl (C=O) groups excluding carboxylic acids is 1. The molecule has 3 rings (SSSR count). The SMILES string of the molecule is COCC(=O)Nc1cn2ccn(Cc3cccc(Cl)c3)c(=O)c2c(O)c1=O. The number of aromatic hydroxyl groups is 1. The van der Waals surface area contributed by atoms with Crippen molar-refractivity contribution < 1.29 is 14.6 Å². The van der Waals surface area contributed by atoms with Crippen LogP contribution in [-0.4, -0.2) is 33.7 Å². The summed E-state index contributed by atoms with van der Waals surface area (Å²) in [6.45, 7) is -0.0278. The van der Waals surface area contributed by atoms with Crippen molar-refractivity contribution in [2.24, 2.45) is 0 Å². The van der Waals surface area contributed by atoms with Gasteiger partial charge in [0.25, 0.3) is 5.56 Å². The summed E-state index contributed by atoms with van der Waals surface area (Å²) in [5.74, 6) is -1.29. The molecule has 0 fully saturated rings. The minimum atomic E-state index is -0.850. The van der Waals surface area contributed by atoms with Crippen molar-refractivity contribution in [3.8, 4) is 5.75 Å². The Labute approximate surface area is 158 Å². The first kappa shape index (κ1) is 18.7. The lowest BCUT2D eigenvalue weighted by Crippen LogP contribution is -2.26. The Kier molecular flexibility index (Phi) is 5.29. The maximum Gasteiger partial charge on any atom is 0.279 e. The van der Waals surface area contributed by atoms with Gasteiger partial charge in [0.15, 0.2) is 11.3 Å². The molecule has 0 unspecified atom stereocenters. The minimum absolute atomic E-state index is 0.154. The summed E-state index contributed by atoms with van der Waals surface area (Å²) < 4.78 is 7.33. The Bertz CT molecular complexity index is 1140. The van der Waals surface area contributed by atoms with Gasteiger partial charge in [-0.1, -0.05) is 23.7 Å². The first-order valence-corrected chi connectivity index (χ1v) is 8.29. The van der Waals surface area contributed by atoms with Crippen LogP contribution in [0.25, 0.3) is 5.52 Å². The van der Waals surface area contributed by atoms with Crippen LogP contribution in [0.4, 0.5) is 5.69 Å². The first-order valence-electron chi connectivity index (χ1n) is 7.91. The van der Waals surface area contributed by atoms with Crippen LogP contribution in [-0.2, 0) is 16.1 Å². The lowest BCUT2D eigenvalue weighted by molar-refractivity contribution is -0.119. The van der Waals surface area contributed by atoms with Gasteiger partial charge < -0.3 is 24.1 Å². The number of hydrogen-bond acceptors (Lipinski definition) is 5. The number of aromatic nitrogens is 2. The van der Waals surface area contributed by atoms with Crippen LogP contribution in [0.3, 0.4) is 0 Å². The van der Waals surface area contributed by atoms with Crippen LogP contribution in [0.1, 0.15) is 5.56 Å². The van der Waals surface area contributed by atoms with Gasteiger partial charge in [0.2, 0.25) is 11.3 Å². The summed E-state index contributed by atoms with van der Waals surface area (Å²) in [4.78, 5) is 36.7. The highest BCUT2D eigenvalue weighted by atomic mass is 35.5. The Hall–Kier alpha value is -3.10. The lowest BCUT2D eigenvalue weighted by atomic mass is 10.2. The van der Waals surface area contributed by atoms with Crippen molar-refractivity contribution in [3.05, 3.63) is 74.0 Å². The Balaban J connectivity index is 2.06. The largest absolute Gasteiger partial charge is 0.502 e. The third kappa shape index (κ3) is 3.86. The van der Waals surface area contributed by atoms with Crippen LogP contribution in [0.5, 0.6) is 5.75 Å². The van der Waals surface area contributed by atoms with E-state index in [0.717, 1.165) is 5.56 Å². The Morgan fingerprint density at radius 2 is 2.07 bits per heavy atom. The third-order valence-corrected chi connectivity index (χ3v) is 4.11. The molecule has 0 saturated heterocycles. The normalized spacial score (nSPS) is 10.9. The standard InChI is InChI=1S/C18H16ClN3O5/c1-27-10-14(23)20-13-9-21-5-6-22(8-11-3-2-4-12(19)7-11)18(26)15(21)17(25)16(13)24/h2-7,9,25H,8,10H2,1H3,(H,20,23). The number of nitrogens with zero attached hydrogens (tertiary/aromatic N) is 2. The van der Waals surface area contributed by atoms with E-state index >= 15 is 0 Å². The summed E-state index contributed by atoms with van der Waals surface area (Å²) in [6.07, 6.45) is 4.30. The zero-order chi connectivity index (χ0) is 19.6. The molecule has 2 N–H and O–H groups in total. The molecule has 2 heterocycles. The molecule has 1 amide bonds. The maximum atomic E-state index is 12.7. The molecule has 2 aromatic heterocycles. The number of amides is 1. The molecule has 0 aliphatic heterocycles. The number of halogens is 1. The fourth-order valence-corrected chi connectivity index (χ4v) is 2.88. The van der Waals surface area contributed by atoms with E-state index in [0.29, 0.717) is 5.02 Å². The van der Waals surface area contributed by atoms with Crippen LogP contribution in [0.15, 0.2) is 52.4 Å². The molecule has 0 aliphatic rings. The van der Waals surface area contributed by atoms with E-state index in [4.69, 9.17) is 11.6 Å². The van der Waals surface area contributed by atoms with E-state index in [1.54, 1.807) is 18.2 Å². The zero-order valence-electron chi connectivity index (χ0n) is 14.3. The minimum Gasteiger partial charge on any atom is -0.502 e. The molecule has 140 valence electrons. The molecule has 1 aromatic carbocycles. The zero-order valence-corrected chi connectivity index (χ0v) is 15.1. The van der Waals surface area contributed by atoms with E-state index in [9.17, 15) is 19.5 Å². The number of hydrogen-bond donors (Lipinski definition) is 2. The fourth-order valence-electron chi connectivity index (χ4n) is 2.67. The van der Waals surface area contributed by atoms with E-state index in [1.165, 1.54) is 34.7 Å². The third-order valence-electron chi connectivity index (χ3n) is 3.87. The van der Waals surface area contributed by atoms with E-state index in [-0.39, 0.29) is 24.4 Å². The van der Waals surface area contributed by atoms with Gasteiger partial charge in [-0.15, -0.1) is 0 Å². The number of nitrogens with one attached hydrogen (secondary N) is 1. The van der Waals surface area contributed by atoms with Crippen LogP contribution in [0, 0.1) is 0 Å². The van der Waals surface area contributed by atoms with Gasteiger partial charge >= 0.3 is 0 Å². The molecule has 0 spiro atoms. The molecule has 0 saturated carbocycles. The quantitative estimate of drug-likeness (QED) is 0.687. The number of ether oxygens (including phenoxy) is 1. The molecule has 3 aromatic rings. The van der Waals surface area contributed by atoms with Gasteiger partial charge in [-0.3, -0.25) is 14.4 Å². The number of rotatable bonds is 5. The first-order chi connectivity index (χ1) is 12.9. The maximum absolute atomic E-state index is 12.7. The Morgan fingerprint density at radius 1 is 1.30 bits per heavy atom. The smallest absolute Gasteiger partial charge is 0.279 e. The Morgan fingerprint density at radius 3 is 2.78 bits per heavy atom. The van der Waals surface area contributed by atoms with Gasteiger partial charge in [-0.05, 0) is 17.7 Å². The second kappa shape index (κ2) is 7.65. The van der Waals surface area contributed by atoms with Gasteiger partial charge in [0.1, 0.15) is 12.3 Å². The lowest BCUT2D eigenvalue weighted by Gasteiger charge is -2.11. The average molecular weight is 390 g/mol. The van der Waals surface area contributed by atoms with Crippen molar-refractivity contribution in [2.45, 2.75) is 6.54 Å². The van der Waals surface area contributed by atoms with E-state index in [1.807, 2.05) is 6.07 Å². The molecule has 8 nitrogen and oxygen atoms in total. The molecule has 0 atom stereocenters. The van der Waals surface area contributed by atoms with Gasteiger partial charge in [-0.25, -0.2) is 0 Å². The number of benzene rings is 1. The van der Waals surface area contributed by atoms with Crippen molar-refractivity contribution in [2.75, 3.05) is 19.0 Å². The second-order valence-electron chi connectivity index (χ2n) is 5.82. The number of anilines is 1. The summed E-state index contributed by atoms with van der Waals surface area (Å²) >= 11 is 5.96. The number of carbonyl (C=O) groups is 1. The van der Waals surface area contributed by atoms with E-state index in [2.05, 4.69) is 10.1 Å². The molecule has 9 heteroatoms. The van der Waals surface area contributed by atoms with Gasteiger partial charge in [0, 0.05) is 30.7 Å². The number of fused-ring (bicyclic) bond motifs is 1. The molecular formula is C18H16ClN3O5. The van der Waals surface area contributed by atoms with Gasteiger partial charge in [0.05, 0.1) is 6.54 Å². The fraction of sp³-hybridized carbons (Fsp3) is 0.167. The van der Waals surface area contributed by atoms with Crippen molar-refractivity contribution in [1.29, 1.82) is 0 Å². The molecule has 0 radical (unpaired) electrons. The molecule has 0 aliphatic carbocycles.